The lowest BCUT2D eigenvalue weighted by Crippen LogP contribution is -2.20. The Kier molecular flexibility index (Phi) is 1.73. The minimum Gasteiger partial charge on any atom is -0.304 e. The maximum atomic E-state index is 12.1. The molecule has 0 fully saturated rings. The molecule has 3 heterocycles. The van der Waals surface area contributed by atoms with Gasteiger partial charge in [0, 0.05) is 12.7 Å². The van der Waals surface area contributed by atoms with Crippen molar-refractivity contribution in [2.24, 2.45) is 0 Å². The Morgan fingerprint density at radius 1 is 1.33 bits per heavy atom. The van der Waals surface area contributed by atoms with Gasteiger partial charge in [-0.15, -0.1) is 11.3 Å². The molecule has 0 aliphatic rings. The quantitative estimate of drug-likeness (QED) is 0.615. The van der Waals surface area contributed by atoms with E-state index in [2.05, 4.69) is 0 Å². The summed E-state index contributed by atoms with van der Waals surface area (Å²) in [4.78, 5) is 13.2. The van der Waals surface area contributed by atoms with Gasteiger partial charge in [0.2, 0.25) is 0 Å². The van der Waals surface area contributed by atoms with Crippen molar-refractivity contribution in [3.8, 4) is 0 Å². The first kappa shape index (κ1) is 8.73. The molecule has 0 bridgehead atoms. The molecule has 4 heteroatoms. The second-order valence-corrected chi connectivity index (χ2v) is 4.32. The molecule has 3 aromatic rings. The molecule has 3 nitrogen and oxygen atoms in total. The number of aromatic nitrogens is 2. The molecule has 3 aromatic heterocycles. The van der Waals surface area contributed by atoms with Crippen LogP contribution in [-0.2, 0) is 6.54 Å². The average molecular weight is 218 g/mol. The van der Waals surface area contributed by atoms with Gasteiger partial charge in [0.05, 0.1) is 5.52 Å². The van der Waals surface area contributed by atoms with E-state index in [0.717, 1.165) is 15.9 Å². The summed E-state index contributed by atoms with van der Waals surface area (Å²) in [7, 11) is 0. The summed E-state index contributed by atoms with van der Waals surface area (Å²) in [5.74, 6) is 0. The highest BCUT2D eigenvalue weighted by Gasteiger charge is 2.09. The highest BCUT2D eigenvalue weighted by atomic mass is 32.1. The molecule has 0 radical (unpaired) electrons. The lowest BCUT2D eigenvalue weighted by molar-refractivity contribution is 0.760. The molecule has 0 spiro atoms. The lowest BCUT2D eigenvalue weighted by Gasteiger charge is -2.06. The van der Waals surface area contributed by atoms with Gasteiger partial charge >= 0.3 is 0 Å². The van der Waals surface area contributed by atoms with E-state index in [0.29, 0.717) is 6.54 Å². The van der Waals surface area contributed by atoms with Crippen LogP contribution in [0.2, 0.25) is 0 Å². The van der Waals surface area contributed by atoms with E-state index < -0.39 is 0 Å². The number of nitrogens with zero attached hydrogens (tertiary/aromatic N) is 2. The molecule has 3 rings (SSSR count). The minimum atomic E-state index is 0.0911. The van der Waals surface area contributed by atoms with Crippen molar-refractivity contribution in [2.45, 2.75) is 13.5 Å². The zero-order chi connectivity index (χ0) is 10.4. The van der Waals surface area contributed by atoms with Crippen molar-refractivity contribution >= 4 is 27.2 Å². The second-order valence-electron chi connectivity index (χ2n) is 3.42. The van der Waals surface area contributed by atoms with Crippen LogP contribution in [0, 0.1) is 0 Å². The first-order valence-corrected chi connectivity index (χ1v) is 5.78. The molecule has 76 valence electrons. The van der Waals surface area contributed by atoms with Crippen LogP contribution in [0.1, 0.15) is 6.92 Å². The van der Waals surface area contributed by atoms with E-state index >= 15 is 0 Å². The highest BCUT2D eigenvalue weighted by Crippen LogP contribution is 2.20. The smallest absolute Gasteiger partial charge is 0.275 e. The molecule has 0 N–H and O–H groups in total. The summed E-state index contributed by atoms with van der Waals surface area (Å²) in [5.41, 5.74) is 1.87. The Morgan fingerprint density at radius 3 is 3.00 bits per heavy atom. The minimum absolute atomic E-state index is 0.0911. The Morgan fingerprint density at radius 2 is 2.20 bits per heavy atom. The summed E-state index contributed by atoms with van der Waals surface area (Å²) in [6.45, 7) is 2.71. The second kappa shape index (κ2) is 2.97. The largest absolute Gasteiger partial charge is 0.304 e. The predicted octanol–water partition coefficient (Wildman–Crippen LogP) is 2.34. The van der Waals surface area contributed by atoms with Gasteiger partial charge in [0.1, 0.15) is 10.3 Å². The van der Waals surface area contributed by atoms with Gasteiger partial charge in [0.25, 0.3) is 5.56 Å². The van der Waals surface area contributed by atoms with Crippen LogP contribution in [0.25, 0.3) is 15.9 Å². The normalized spacial score (nSPS) is 11.5. The Labute approximate surface area is 90.2 Å². The molecule has 0 amide bonds. The summed E-state index contributed by atoms with van der Waals surface area (Å²) in [5, 5.41) is 2.02. The summed E-state index contributed by atoms with van der Waals surface area (Å²) in [6, 6.07) is 5.79. The van der Waals surface area contributed by atoms with Crippen molar-refractivity contribution < 1.29 is 0 Å². The molecule has 0 aromatic carbocycles. The molecule has 0 unspecified atom stereocenters. The van der Waals surface area contributed by atoms with Crippen LogP contribution in [0.4, 0.5) is 0 Å². The van der Waals surface area contributed by atoms with Crippen molar-refractivity contribution in [3.63, 3.8) is 0 Å². The number of hydrogen-bond donors (Lipinski definition) is 0. The van der Waals surface area contributed by atoms with Crippen molar-refractivity contribution in [2.75, 3.05) is 0 Å². The van der Waals surface area contributed by atoms with Crippen LogP contribution >= 0.6 is 11.3 Å². The van der Waals surface area contributed by atoms with Gasteiger partial charge in [-0.3, -0.25) is 4.79 Å². The van der Waals surface area contributed by atoms with Crippen LogP contribution < -0.4 is 5.56 Å². The fourth-order valence-electron chi connectivity index (χ4n) is 1.97. The van der Waals surface area contributed by atoms with E-state index in [-0.39, 0.29) is 5.56 Å². The summed E-state index contributed by atoms with van der Waals surface area (Å²) in [6.07, 6.45) is 1.94. The van der Waals surface area contributed by atoms with E-state index in [1.54, 1.807) is 11.3 Å². The first-order chi connectivity index (χ1) is 7.33. The third kappa shape index (κ3) is 1.02. The van der Waals surface area contributed by atoms with Gasteiger partial charge in [-0.25, -0.2) is 0 Å². The molecule has 0 aliphatic heterocycles. The molecule has 15 heavy (non-hydrogen) atoms. The monoisotopic (exact) mass is 218 g/mol. The van der Waals surface area contributed by atoms with Crippen LogP contribution in [0.3, 0.4) is 0 Å². The van der Waals surface area contributed by atoms with Gasteiger partial charge in [0.15, 0.2) is 0 Å². The Balaban J connectivity index is 2.71. The SMILES string of the molecule is CCn1c(=O)c2cccn2c2sccc21. The average Bonchev–Trinajstić information content (AvgIpc) is 2.84. The number of hydrogen-bond acceptors (Lipinski definition) is 2. The third-order valence-corrected chi connectivity index (χ3v) is 3.56. The highest BCUT2D eigenvalue weighted by molar-refractivity contribution is 7.16. The maximum Gasteiger partial charge on any atom is 0.275 e. The standard InChI is InChI=1S/C11H10N2OS/c1-2-12-9-5-7-15-11(9)13-6-3-4-8(13)10(12)14/h3-7H,2H2,1H3. The van der Waals surface area contributed by atoms with E-state index in [9.17, 15) is 4.79 Å². The van der Waals surface area contributed by atoms with Crippen molar-refractivity contribution in [1.82, 2.24) is 8.97 Å². The van der Waals surface area contributed by atoms with Crippen molar-refractivity contribution in [1.29, 1.82) is 0 Å². The van der Waals surface area contributed by atoms with Crippen LogP contribution in [0.15, 0.2) is 34.6 Å². The van der Waals surface area contributed by atoms with E-state index in [1.165, 1.54) is 0 Å². The van der Waals surface area contributed by atoms with E-state index in [4.69, 9.17) is 0 Å². The topological polar surface area (TPSA) is 26.4 Å². The zero-order valence-corrected chi connectivity index (χ0v) is 9.12. The molecular weight excluding hydrogens is 208 g/mol. The molecule has 0 saturated carbocycles. The maximum absolute atomic E-state index is 12.1. The zero-order valence-electron chi connectivity index (χ0n) is 8.30. The Bertz CT molecular complexity index is 689. The fourth-order valence-corrected chi connectivity index (χ4v) is 2.87. The van der Waals surface area contributed by atoms with Gasteiger partial charge in [-0.2, -0.15) is 0 Å². The summed E-state index contributed by atoms with van der Waals surface area (Å²) >= 11 is 1.66. The first-order valence-electron chi connectivity index (χ1n) is 4.90. The van der Waals surface area contributed by atoms with Crippen molar-refractivity contribution in [3.05, 3.63) is 40.1 Å². The van der Waals surface area contributed by atoms with Gasteiger partial charge in [-0.05, 0) is 30.5 Å². The third-order valence-electron chi connectivity index (χ3n) is 2.66. The number of thiophene rings is 1. The van der Waals surface area contributed by atoms with Gasteiger partial charge in [-0.1, -0.05) is 0 Å². The lowest BCUT2D eigenvalue weighted by atomic mass is 10.4. The number of rotatable bonds is 1. The fraction of sp³-hybridized carbons (Fsp3) is 0.182. The number of fused-ring (bicyclic) bond motifs is 3. The van der Waals surface area contributed by atoms with E-state index in [1.807, 2.05) is 45.7 Å². The van der Waals surface area contributed by atoms with Gasteiger partial charge < -0.3 is 8.97 Å². The number of aryl methyl sites for hydroxylation is 1. The van der Waals surface area contributed by atoms with Crippen LogP contribution in [0.5, 0.6) is 0 Å². The summed E-state index contributed by atoms with van der Waals surface area (Å²) < 4.78 is 3.79. The predicted molar refractivity (Wildman–Crippen MR) is 62.7 cm³/mol. The van der Waals surface area contributed by atoms with Crippen LogP contribution in [-0.4, -0.2) is 8.97 Å². The molecule has 0 atom stereocenters. The molecule has 0 aliphatic carbocycles. The molecule has 0 saturated heterocycles. The Hall–Kier alpha value is -1.55. The molecular formula is C11H10N2OS.